The van der Waals surface area contributed by atoms with Crippen molar-refractivity contribution in [1.82, 2.24) is 4.98 Å². The minimum Gasteiger partial charge on any atom is -0.460 e. The van der Waals surface area contributed by atoms with Gasteiger partial charge in [-0.15, -0.1) is 0 Å². The van der Waals surface area contributed by atoms with Crippen molar-refractivity contribution in [1.29, 1.82) is 0 Å². The largest absolute Gasteiger partial charge is 0.460 e. The van der Waals surface area contributed by atoms with Crippen LogP contribution < -0.4 is 5.43 Å². The third-order valence-corrected chi connectivity index (χ3v) is 2.43. The lowest BCUT2D eigenvalue weighted by molar-refractivity contribution is 0.528. The molecular formula is C11H9Cl2N3O. The Labute approximate surface area is 108 Å². The molecule has 0 fully saturated rings. The molecule has 0 bridgehead atoms. The Morgan fingerprint density at radius 2 is 2.24 bits per heavy atom. The van der Waals surface area contributed by atoms with E-state index in [9.17, 15) is 0 Å². The molecule has 2 heterocycles. The Balaban J connectivity index is 2.04. The van der Waals surface area contributed by atoms with Crippen molar-refractivity contribution in [2.24, 2.45) is 5.10 Å². The van der Waals surface area contributed by atoms with E-state index in [1.807, 2.05) is 19.1 Å². The van der Waals surface area contributed by atoms with E-state index in [1.165, 1.54) is 6.20 Å². The zero-order valence-electron chi connectivity index (χ0n) is 8.95. The predicted octanol–water partition coefficient (Wildman–Crippen LogP) is 3.74. The smallest absolute Gasteiger partial charge is 0.165 e. The predicted molar refractivity (Wildman–Crippen MR) is 68.9 cm³/mol. The highest BCUT2D eigenvalue weighted by molar-refractivity contribution is 6.35. The van der Waals surface area contributed by atoms with Crippen molar-refractivity contribution >= 4 is 35.2 Å². The summed E-state index contributed by atoms with van der Waals surface area (Å²) in [5.41, 5.74) is 2.71. The number of pyridine rings is 1. The fourth-order valence-corrected chi connectivity index (χ4v) is 1.60. The first-order valence-electron chi connectivity index (χ1n) is 4.82. The normalized spacial score (nSPS) is 11.0. The van der Waals surface area contributed by atoms with E-state index < -0.39 is 0 Å². The molecule has 0 aliphatic carbocycles. The summed E-state index contributed by atoms with van der Waals surface area (Å²) in [6.45, 7) is 1.86. The molecule has 88 valence electrons. The van der Waals surface area contributed by atoms with Crippen LogP contribution in [0.2, 0.25) is 10.0 Å². The van der Waals surface area contributed by atoms with Crippen LogP contribution >= 0.6 is 23.2 Å². The molecule has 0 atom stereocenters. The quantitative estimate of drug-likeness (QED) is 0.682. The molecule has 0 aromatic carbocycles. The number of hydrogen-bond donors (Lipinski definition) is 1. The average Bonchev–Trinajstić information content (AvgIpc) is 2.68. The molecule has 0 spiro atoms. The molecule has 1 N–H and O–H groups in total. The Hall–Kier alpha value is -1.52. The number of aryl methyl sites for hydroxylation is 1. The molecule has 2 rings (SSSR count). The number of hydrogen-bond acceptors (Lipinski definition) is 4. The summed E-state index contributed by atoms with van der Waals surface area (Å²) in [6.07, 6.45) is 3.03. The second kappa shape index (κ2) is 5.21. The number of halogens is 2. The molecule has 4 nitrogen and oxygen atoms in total. The topological polar surface area (TPSA) is 50.4 Å². The third-order valence-electron chi connectivity index (χ3n) is 1.93. The lowest BCUT2D eigenvalue weighted by Gasteiger charge is -2.01. The molecule has 2 aromatic heterocycles. The molecule has 0 aliphatic heterocycles. The summed E-state index contributed by atoms with van der Waals surface area (Å²) >= 11 is 11.6. The summed E-state index contributed by atoms with van der Waals surface area (Å²) in [7, 11) is 0. The minimum atomic E-state index is 0.408. The van der Waals surface area contributed by atoms with Crippen LogP contribution in [0.15, 0.2) is 33.9 Å². The second-order valence-corrected chi connectivity index (χ2v) is 4.15. The first kappa shape index (κ1) is 12.0. The van der Waals surface area contributed by atoms with Crippen LogP contribution in [0.4, 0.5) is 5.82 Å². The van der Waals surface area contributed by atoms with Crippen molar-refractivity contribution in [2.45, 2.75) is 6.92 Å². The zero-order valence-corrected chi connectivity index (χ0v) is 10.5. The molecular weight excluding hydrogens is 261 g/mol. The van der Waals surface area contributed by atoms with E-state index in [0.29, 0.717) is 21.6 Å². The number of nitrogens with zero attached hydrogens (tertiary/aromatic N) is 2. The maximum Gasteiger partial charge on any atom is 0.165 e. The summed E-state index contributed by atoms with van der Waals surface area (Å²) in [6, 6.07) is 5.26. The number of aromatic nitrogens is 1. The van der Waals surface area contributed by atoms with Crippen molar-refractivity contribution in [3.63, 3.8) is 0 Å². The van der Waals surface area contributed by atoms with Crippen LogP contribution in [0.5, 0.6) is 0 Å². The molecule has 0 unspecified atom stereocenters. The summed E-state index contributed by atoms with van der Waals surface area (Å²) in [4.78, 5) is 3.99. The van der Waals surface area contributed by atoms with Gasteiger partial charge in [0.25, 0.3) is 0 Å². The van der Waals surface area contributed by atoms with Gasteiger partial charge in [0, 0.05) is 6.20 Å². The van der Waals surface area contributed by atoms with Gasteiger partial charge in [0.15, 0.2) is 5.82 Å². The van der Waals surface area contributed by atoms with Gasteiger partial charge >= 0.3 is 0 Å². The maximum absolute atomic E-state index is 5.91. The minimum absolute atomic E-state index is 0.408. The van der Waals surface area contributed by atoms with Crippen molar-refractivity contribution in [3.8, 4) is 0 Å². The van der Waals surface area contributed by atoms with E-state index >= 15 is 0 Å². The number of nitrogens with one attached hydrogen (secondary N) is 1. The SMILES string of the molecule is Cc1ccc(C=NNc2ncc(Cl)cc2Cl)o1. The van der Waals surface area contributed by atoms with Gasteiger partial charge in [0.2, 0.25) is 0 Å². The van der Waals surface area contributed by atoms with Gasteiger partial charge < -0.3 is 4.42 Å². The summed E-state index contributed by atoms with van der Waals surface area (Å²) in [5, 5.41) is 4.84. The Morgan fingerprint density at radius 1 is 1.41 bits per heavy atom. The van der Waals surface area contributed by atoms with Crippen LogP contribution in [0.1, 0.15) is 11.5 Å². The van der Waals surface area contributed by atoms with Crippen molar-refractivity contribution < 1.29 is 4.42 Å². The molecule has 0 saturated carbocycles. The second-order valence-electron chi connectivity index (χ2n) is 3.30. The lowest BCUT2D eigenvalue weighted by Crippen LogP contribution is -1.93. The Morgan fingerprint density at radius 3 is 2.88 bits per heavy atom. The molecule has 2 aromatic rings. The Kier molecular flexibility index (Phi) is 3.66. The van der Waals surface area contributed by atoms with Gasteiger partial charge in [-0.1, -0.05) is 23.2 Å². The molecule has 17 heavy (non-hydrogen) atoms. The standard InChI is InChI=1S/C11H9Cl2N3O/c1-7-2-3-9(17-7)6-15-16-11-10(13)4-8(12)5-14-11/h2-6H,1H3,(H,14,16). The molecule has 0 saturated heterocycles. The van der Waals surface area contributed by atoms with Crippen molar-refractivity contribution in [3.05, 3.63) is 46.0 Å². The van der Waals surface area contributed by atoms with E-state index in [1.54, 1.807) is 12.3 Å². The molecule has 6 heteroatoms. The fraction of sp³-hybridized carbons (Fsp3) is 0.0909. The highest BCUT2D eigenvalue weighted by atomic mass is 35.5. The van der Waals surface area contributed by atoms with Gasteiger partial charge in [0.1, 0.15) is 11.5 Å². The number of anilines is 1. The lowest BCUT2D eigenvalue weighted by atomic mass is 10.4. The van der Waals surface area contributed by atoms with Crippen LogP contribution in [-0.4, -0.2) is 11.2 Å². The van der Waals surface area contributed by atoms with Crippen LogP contribution in [0.3, 0.4) is 0 Å². The van der Waals surface area contributed by atoms with Gasteiger partial charge in [-0.05, 0) is 25.1 Å². The Bertz CT molecular complexity index is 551. The van der Waals surface area contributed by atoms with Gasteiger partial charge in [0.05, 0.1) is 16.3 Å². The number of hydrazone groups is 1. The zero-order chi connectivity index (χ0) is 12.3. The molecule has 0 radical (unpaired) electrons. The first-order valence-corrected chi connectivity index (χ1v) is 5.57. The van der Waals surface area contributed by atoms with E-state index in [4.69, 9.17) is 27.6 Å². The van der Waals surface area contributed by atoms with Gasteiger partial charge in [-0.3, -0.25) is 5.43 Å². The fourth-order valence-electron chi connectivity index (χ4n) is 1.18. The first-order chi connectivity index (χ1) is 8.15. The third kappa shape index (κ3) is 3.22. The highest BCUT2D eigenvalue weighted by Crippen LogP contribution is 2.22. The number of rotatable bonds is 3. The monoisotopic (exact) mass is 269 g/mol. The van der Waals surface area contributed by atoms with Crippen LogP contribution in [-0.2, 0) is 0 Å². The van der Waals surface area contributed by atoms with E-state index in [-0.39, 0.29) is 0 Å². The highest BCUT2D eigenvalue weighted by Gasteiger charge is 2.01. The van der Waals surface area contributed by atoms with Crippen molar-refractivity contribution in [2.75, 3.05) is 5.43 Å². The van der Waals surface area contributed by atoms with Gasteiger partial charge in [-0.25, -0.2) is 4.98 Å². The van der Waals surface area contributed by atoms with Crippen LogP contribution in [0.25, 0.3) is 0 Å². The van der Waals surface area contributed by atoms with E-state index in [2.05, 4.69) is 15.5 Å². The maximum atomic E-state index is 5.91. The molecule has 0 aliphatic rings. The summed E-state index contributed by atoms with van der Waals surface area (Å²) in [5.74, 6) is 1.92. The number of furan rings is 1. The average molecular weight is 270 g/mol. The van der Waals surface area contributed by atoms with Gasteiger partial charge in [-0.2, -0.15) is 5.10 Å². The molecule has 0 amide bonds. The summed E-state index contributed by atoms with van der Waals surface area (Å²) < 4.78 is 5.31. The van der Waals surface area contributed by atoms with Crippen LogP contribution in [0, 0.1) is 6.92 Å². The van der Waals surface area contributed by atoms with E-state index in [0.717, 1.165) is 5.76 Å².